The maximum atomic E-state index is 12.4. The van der Waals surface area contributed by atoms with E-state index in [1.165, 1.54) is 0 Å². The highest BCUT2D eigenvalue weighted by Crippen LogP contribution is 2.29. The topological polar surface area (TPSA) is 37.4 Å². The highest BCUT2D eigenvalue weighted by molar-refractivity contribution is 6.09. The quantitative estimate of drug-likeness (QED) is 0.803. The second kappa shape index (κ2) is 4.92. The molecule has 1 aliphatic rings. The van der Waals surface area contributed by atoms with Crippen LogP contribution in [0.25, 0.3) is 0 Å². The van der Waals surface area contributed by atoms with Gasteiger partial charge in [0.2, 0.25) is 5.91 Å². The van der Waals surface area contributed by atoms with E-state index < -0.39 is 0 Å². The van der Waals surface area contributed by atoms with E-state index in [1.807, 2.05) is 39.0 Å². The second-order valence-electron chi connectivity index (χ2n) is 5.21. The van der Waals surface area contributed by atoms with Gasteiger partial charge >= 0.3 is 0 Å². The van der Waals surface area contributed by atoms with Crippen molar-refractivity contribution in [3.05, 3.63) is 29.8 Å². The minimum Gasteiger partial charge on any atom is -0.311 e. The number of carbonyl (C=O) groups is 2. The van der Waals surface area contributed by atoms with Crippen molar-refractivity contribution in [2.24, 2.45) is 11.8 Å². The Labute approximate surface area is 108 Å². The Morgan fingerprint density at radius 1 is 1.22 bits per heavy atom. The summed E-state index contributed by atoms with van der Waals surface area (Å²) in [5.41, 5.74) is 1.44. The van der Waals surface area contributed by atoms with Crippen LogP contribution in [0.5, 0.6) is 0 Å². The average Bonchev–Trinajstić information content (AvgIpc) is 2.38. The number of benzene rings is 1. The Balaban J connectivity index is 2.34. The van der Waals surface area contributed by atoms with Crippen LogP contribution in [0.15, 0.2) is 24.3 Å². The SMILES string of the molecule is CC(C)C(C)C(=O)N1CCC(=O)c2ccccc21. The standard InChI is InChI=1S/C15H19NO2/c1-10(2)11(3)15(18)16-9-8-14(17)12-6-4-5-7-13(12)16/h4-7,10-11H,8-9H2,1-3H3. The number of ketones is 1. The average molecular weight is 245 g/mol. The molecule has 0 saturated heterocycles. The lowest BCUT2D eigenvalue weighted by atomic mass is 9.93. The maximum Gasteiger partial charge on any atom is 0.230 e. The second-order valence-corrected chi connectivity index (χ2v) is 5.21. The summed E-state index contributed by atoms with van der Waals surface area (Å²) in [6, 6.07) is 7.38. The van der Waals surface area contributed by atoms with E-state index in [4.69, 9.17) is 0 Å². The van der Waals surface area contributed by atoms with E-state index in [-0.39, 0.29) is 17.6 Å². The molecule has 2 rings (SSSR count). The molecule has 3 heteroatoms. The number of hydrogen-bond acceptors (Lipinski definition) is 2. The fraction of sp³-hybridized carbons (Fsp3) is 0.467. The molecule has 0 N–H and O–H groups in total. The molecule has 0 fully saturated rings. The largest absolute Gasteiger partial charge is 0.311 e. The molecule has 1 heterocycles. The number of hydrogen-bond donors (Lipinski definition) is 0. The maximum absolute atomic E-state index is 12.4. The number of fused-ring (bicyclic) bond motifs is 1. The highest BCUT2D eigenvalue weighted by Gasteiger charge is 2.30. The van der Waals surface area contributed by atoms with Gasteiger partial charge in [0.05, 0.1) is 5.69 Å². The molecule has 0 bridgehead atoms. The van der Waals surface area contributed by atoms with Crippen molar-refractivity contribution in [1.29, 1.82) is 0 Å². The zero-order valence-electron chi connectivity index (χ0n) is 11.1. The summed E-state index contributed by atoms with van der Waals surface area (Å²) in [7, 11) is 0. The predicted octanol–water partition coefficient (Wildman–Crippen LogP) is 2.90. The number of rotatable bonds is 2. The summed E-state index contributed by atoms with van der Waals surface area (Å²) in [5, 5.41) is 0. The van der Waals surface area contributed by atoms with Crippen molar-refractivity contribution in [2.45, 2.75) is 27.2 Å². The van der Waals surface area contributed by atoms with E-state index >= 15 is 0 Å². The van der Waals surface area contributed by atoms with Crippen LogP contribution in [-0.4, -0.2) is 18.2 Å². The van der Waals surface area contributed by atoms with Gasteiger partial charge < -0.3 is 4.90 Å². The third kappa shape index (κ3) is 2.17. The Kier molecular flexibility index (Phi) is 3.50. The summed E-state index contributed by atoms with van der Waals surface area (Å²) < 4.78 is 0. The number of Topliss-reactive ketones (excluding diaryl/α,β-unsaturated/α-hetero) is 1. The fourth-order valence-corrected chi connectivity index (χ4v) is 2.17. The van der Waals surface area contributed by atoms with E-state index in [1.54, 1.807) is 11.0 Å². The Bertz CT molecular complexity index is 479. The molecule has 0 spiro atoms. The molecule has 1 aromatic rings. The summed E-state index contributed by atoms with van der Waals surface area (Å²) in [5.74, 6) is 0.533. The molecular weight excluding hydrogens is 226 g/mol. The molecule has 1 amide bonds. The molecule has 0 saturated carbocycles. The molecule has 18 heavy (non-hydrogen) atoms. The number of nitrogens with zero attached hydrogens (tertiary/aromatic N) is 1. The lowest BCUT2D eigenvalue weighted by Crippen LogP contribution is -2.41. The minimum atomic E-state index is -0.0220. The zero-order valence-corrected chi connectivity index (χ0v) is 11.1. The van der Waals surface area contributed by atoms with Gasteiger partial charge in [-0.1, -0.05) is 32.9 Å². The van der Waals surface area contributed by atoms with E-state index in [0.717, 1.165) is 5.69 Å². The van der Waals surface area contributed by atoms with Gasteiger partial charge in [-0.3, -0.25) is 9.59 Å². The van der Waals surface area contributed by atoms with Gasteiger partial charge in [0.15, 0.2) is 5.78 Å². The molecule has 1 aromatic carbocycles. The van der Waals surface area contributed by atoms with Gasteiger partial charge in [-0.05, 0) is 18.1 Å². The number of carbonyl (C=O) groups excluding carboxylic acids is 2. The van der Waals surface area contributed by atoms with Crippen molar-refractivity contribution in [3.8, 4) is 0 Å². The van der Waals surface area contributed by atoms with Crippen molar-refractivity contribution in [3.63, 3.8) is 0 Å². The van der Waals surface area contributed by atoms with Crippen LogP contribution in [0.1, 0.15) is 37.6 Å². The van der Waals surface area contributed by atoms with Gasteiger partial charge in [-0.15, -0.1) is 0 Å². The lowest BCUT2D eigenvalue weighted by Gasteiger charge is -2.31. The van der Waals surface area contributed by atoms with Crippen LogP contribution in [-0.2, 0) is 4.79 Å². The Hall–Kier alpha value is -1.64. The highest BCUT2D eigenvalue weighted by atomic mass is 16.2. The fourth-order valence-electron chi connectivity index (χ4n) is 2.17. The first-order valence-electron chi connectivity index (χ1n) is 6.46. The van der Waals surface area contributed by atoms with Gasteiger partial charge in [0, 0.05) is 24.4 Å². The molecule has 0 aromatic heterocycles. The minimum absolute atomic E-state index is 0.0220. The smallest absolute Gasteiger partial charge is 0.230 e. The van der Waals surface area contributed by atoms with Crippen LogP contribution in [0.3, 0.4) is 0 Å². The Morgan fingerprint density at radius 3 is 2.56 bits per heavy atom. The molecule has 1 aliphatic heterocycles. The zero-order chi connectivity index (χ0) is 13.3. The van der Waals surface area contributed by atoms with Crippen LogP contribution >= 0.6 is 0 Å². The molecule has 0 radical (unpaired) electrons. The molecule has 1 unspecified atom stereocenters. The van der Waals surface area contributed by atoms with E-state index in [2.05, 4.69) is 0 Å². The molecular formula is C15H19NO2. The van der Waals surface area contributed by atoms with E-state index in [9.17, 15) is 9.59 Å². The van der Waals surface area contributed by atoms with Crippen LogP contribution in [0.4, 0.5) is 5.69 Å². The number of anilines is 1. The van der Waals surface area contributed by atoms with Crippen LogP contribution in [0, 0.1) is 11.8 Å². The number of amides is 1. The third-order valence-corrected chi connectivity index (χ3v) is 3.71. The monoisotopic (exact) mass is 245 g/mol. The molecule has 1 atom stereocenters. The first-order chi connectivity index (χ1) is 8.52. The van der Waals surface area contributed by atoms with Gasteiger partial charge in [0.1, 0.15) is 0 Å². The van der Waals surface area contributed by atoms with E-state index in [0.29, 0.717) is 24.4 Å². The van der Waals surface area contributed by atoms with Gasteiger partial charge in [0.25, 0.3) is 0 Å². The summed E-state index contributed by atoms with van der Waals surface area (Å²) in [4.78, 5) is 26.0. The number of para-hydroxylation sites is 1. The van der Waals surface area contributed by atoms with Crippen molar-refractivity contribution in [1.82, 2.24) is 0 Å². The lowest BCUT2D eigenvalue weighted by molar-refractivity contribution is -0.123. The van der Waals surface area contributed by atoms with Crippen molar-refractivity contribution < 1.29 is 9.59 Å². The molecule has 0 aliphatic carbocycles. The summed E-state index contributed by atoms with van der Waals surface area (Å²) >= 11 is 0. The predicted molar refractivity (Wildman–Crippen MR) is 71.7 cm³/mol. The summed E-state index contributed by atoms with van der Waals surface area (Å²) in [6.07, 6.45) is 0.424. The molecule has 3 nitrogen and oxygen atoms in total. The van der Waals surface area contributed by atoms with Crippen LogP contribution < -0.4 is 4.90 Å². The summed E-state index contributed by atoms with van der Waals surface area (Å²) in [6.45, 7) is 6.55. The molecule has 96 valence electrons. The van der Waals surface area contributed by atoms with Gasteiger partial charge in [-0.25, -0.2) is 0 Å². The first-order valence-corrected chi connectivity index (χ1v) is 6.46. The first kappa shape index (κ1) is 12.8. The Morgan fingerprint density at radius 2 is 1.89 bits per heavy atom. The third-order valence-electron chi connectivity index (χ3n) is 3.71. The normalized spacial score (nSPS) is 16.7. The van der Waals surface area contributed by atoms with Crippen LogP contribution in [0.2, 0.25) is 0 Å². The van der Waals surface area contributed by atoms with Crippen molar-refractivity contribution >= 4 is 17.4 Å². The van der Waals surface area contributed by atoms with Crippen molar-refractivity contribution in [2.75, 3.05) is 11.4 Å². The van der Waals surface area contributed by atoms with Gasteiger partial charge in [-0.2, -0.15) is 0 Å².